The Morgan fingerprint density at radius 2 is 1.91 bits per heavy atom. The number of amides is 2. The van der Waals surface area contributed by atoms with Crippen molar-refractivity contribution in [2.75, 3.05) is 58.3 Å². The van der Waals surface area contributed by atoms with Crippen molar-refractivity contribution < 1.29 is 9.59 Å². The second kappa shape index (κ2) is 8.42. The zero-order valence-electron chi connectivity index (χ0n) is 13.7. The summed E-state index contributed by atoms with van der Waals surface area (Å²) in [6.45, 7) is 4.31. The monoisotopic (exact) mass is 320 g/mol. The Hall–Kier alpha value is -2.22. The van der Waals surface area contributed by atoms with Gasteiger partial charge in [-0.25, -0.2) is 9.97 Å². The Morgan fingerprint density at radius 3 is 2.48 bits per heavy atom. The third-order valence-corrected chi connectivity index (χ3v) is 3.71. The molecule has 2 heterocycles. The summed E-state index contributed by atoms with van der Waals surface area (Å²) in [5.41, 5.74) is 0.463. The molecular formula is C15H24N6O2. The van der Waals surface area contributed by atoms with Gasteiger partial charge in [-0.05, 0) is 27.1 Å². The summed E-state index contributed by atoms with van der Waals surface area (Å²) < 4.78 is 0. The highest BCUT2D eigenvalue weighted by Gasteiger charge is 2.18. The Labute approximate surface area is 136 Å². The lowest BCUT2D eigenvalue weighted by Crippen LogP contribution is -2.46. The zero-order chi connectivity index (χ0) is 16.7. The van der Waals surface area contributed by atoms with Gasteiger partial charge in [-0.15, -0.1) is 0 Å². The number of carbonyl (C=O) groups excluding carboxylic acids is 2. The molecule has 0 aromatic carbocycles. The topological polar surface area (TPSA) is 81.7 Å². The molecule has 8 nitrogen and oxygen atoms in total. The van der Waals surface area contributed by atoms with Crippen molar-refractivity contribution >= 4 is 18.3 Å². The van der Waals surface area contributed by atoms with E-state index in [1.807, 2.05) is 19.0 Å². The molecule has 23 heavy (non-hydrogen) atoms. The van der Waals surface area contributed by atoms with Gasteiger partial charge in [-0.3, -0.25) is 9.59 Å². The number of carbonyl (C=O) groups is 2. The molecule has 0 bridgehead atoms. The summed E-state index contributed by atoms with van der Waals surface area (Å²) in [6.07, 6.45) is 4.87. The number of rotatable bonds is 7. The van der Waals surface area contributed by atoms with Gasteiger partial charge in [-0.2, -0.15) is 0 Å². The van der Waals surface area contributed by atoms with Gasteiger partial charge in [-0.1, -0.05) is 0 Å². The summed E-state index contributed by atoms with van der Waals surface area (Å²) in [4.78, 5) is 37.1. The minimum absolute atomic E-state index is 0.152. The highest BCUT2D eigenvalue weighted by atomic mass is 16.1. The van der Waals surface area contributed by atoms with E-state index < -0.39 is 0 Å². The molecule has 1 aliphatic rings. The van der Waals surface area contributed by atoms with Gasteiger partial charge in [0.15, 0.2) is 0 Å². The molecule has 0 atom stereocenters. The minimum atomic E-state index is -0.152. The smallest absolute Gasteiger partial charge is 0.254 e. The third-order valence-electron chi connectivity index (χ3n) is 3.71. The molecule has 1 fully saturated rings. The molecule has 0 unspecified atom stereocenters. The van der Waals surface area contributed by atoms with E-state index in [-0.39, 0.29) is 5.91 Å². The summed E-state index contributed by atoms with van der Waals surface area (Å²) in [5.74, 6) is 0.445. The van der Waals surface area contributed by atoms with E-state index in [4.69, 9.17) is 0 Å². The Kier molecular flexibility index (Phi) is 6.28. The molecule has 0 radical (unpaired) electrons. The largest absolute Gasteiger partial charge is 0.352 e. The van der Waals surface area contributed by atoms with Crippen LogP contribution in [0.4, 0.5) is 5.95 Å². The normalized spacial score (nSPS) is 14.9. The molecule has 126 valence electrons. The van der Waals surface area contributed by atoms with Crippen LogP contribution >= 0.6 is 0 Å². The fraction of sp³-hybridized carbons (Fsp3) is 0.600. The fourth-order valence-corrected chi connectivity index (χ4v) is 2.33. The highest BCUT2D eigenvalue weighted by Crippen LogP contribution is 2.10. The molecule has 0 spiro atoms. The lowest BCUT2D eigenvalue weighted by atomic mass is 10.3. The lowest BCUT2D eigenvalue weighted by Gasteiger charge is -2.32. The maximum absolute atomic E-state index is 12.0. The molecule has 1 N–H and O–H groups in total. The average molecular weight is 320 g/mol. The molecule has 2 rings (SSSR count). The Balaban J connectivity index is 1.82. The predicted octanol–water partition coefficient (Wildman–Crippen LogP) is -0.563. The van der Waals surface area contributed by atoms with E-state index in [1.54, 1.807) is 17.3 Å². The maximum atomic E-state index is 12.0. The molecule has 1 saturated heterocycles. The lowest BCUT2D eigenvalue weighted by molar-refractivity contribution is -0.118. The standard InChI is InChI=1S/C15H24N6O2/c1-19(2)5-3-4-16-14(23)13-10-17-15(18-11-13)21-8-6-20(12-22)7-9-21/h10-12H,3-9H2,1-2H3,(H,16,23). The second-order valence-corrected chi connectivity index (χ2v) is 5.81. The van der Waals surface area contributed by atoms with Crippen LogP contribution in [0.3, 0.4) is 0 Å². The summed E-state index contributed by atoms with van der Waals surface area (Å²) >= 11 is 0. The van der Waals surface area contributed by atoms with Crippen LogP contribution in [0.15, 0.2) is 12.4 Å². The van der Waals surface area contributed by atoms with Crippen molar-refractivity contribution in [2.24, 2.45) is 0 Å². The fourth-order valence-electron chi connectivity index (χ4n) is 2.33. The van der Waals surface area contributed by atoms with Gasteiger partial charge in [0.05, 0.1) is 5.56 Å². The van der Waals surface area contributed by atoms with Crippen LogP contribution in [0, 0.1) is 0 Å². The van der Waals surface area contributed by atoms with Crippen LogP contribution in [-0.4, -0.2) is 85.4 Å². The first-order chi connectivity index (χ1) is 11.1. The highest BCUT2D eigenvalue weighted by molar-refractivity contribution is 5.93. The number of nitrogens with zero attached hydrogens (tertiary/aromatic N) is 5. The van der Waals surface area contributed by atoms with Crippen molar-refractivity contribution in [1.29, 1.82) is 0 Å². The van der Waals surface area contributed by atoms with Crippen LogP contribution in [0.2, 0.25) is 0 Å². The second-order valence-electron chi connectivity index (χ2n) is 5.81. The summed E-state index contributed by atoms with van der Waals surface area (Å²) in [6, 6.07) is 0. The SMILES string of the molecule is CN(C)CCCNC(=O)c1cnc(N2CCN(C=O)CC2)nc1. The molecule has 0 saturated carbocycles. The van der Waals surface area contributed by atoms with Crippen molar-refractivity contribution in [3.63, 3.8) is 0 Å². The summed E-state index contributed by atoms with van der Waals surface area (Å²) in [7, 11) is 4.01. The van der Waals surface area contributed by atoms with Gasteiger partial charge in [0, 0.05) is 45.1 Å². The molecule has 2 amide bonds. The van der Waals surface area contributed by atoms with Gasteiger partial charge in [0.2, 0.25) is 12.4 Å². The molecule has 1 aromatic rings. The van der Waals surface area contributed by atoms with Crippen molar-refractivity contribution in [1.82, 2.24) is 25.1 Å². The first kappa shape index (κ1) is 17.1. The van der Waals surface area contributed by atoms with Crippen LogP contribution in [0.25, 0.3) is 0 Å². The van der Waals surface area contributed by atoms with E-state index in [1.165, 1.54) is 0 Å². The quantitative estimate of drug-likeness (QED) is 0.536. The maximum Gasteiger partial charge on any atom is 0.254 e. The van der Waals surface area contributed by atoms with Crippen LogP contribution in [-0.2, 0) is 4.79 Å². The minimum Gasteiger partial charge on any atom is -0.352 e. The van der Waals surface area contributed by atoms with Gasteiger partial charge < -0.3 is 20.0 Å². The number of anilines is 1. The third kappa shape index (κ3) is 5.17. The van der Waals surface area contributed by atoms with E-state index >= 15 is 0 Å². The number of aromatic nitrogens is 2. The molecule has 8 heteroatoms. The predicted molar refractivity (Wildman–Crippen MR) is 87.4 cm³/mol. The summed E-state index contributed by atoms with van der Waals surface area (Å²) in [5, 5.41) is 2.86. The van der Waals surface area contributed by atoms with E-state index in [0.29, 0.717) is 44.2 Å². The molecule has 1 aromatic heterocycles. The van der Waals surface area contributed by atoms with Gasteiger partial charge >= 0.3 is 0 Å². The van der Waals surface area contributed by atoms with Gasteiger partial charge in [0.1, 0.15) is 0 Å². The number of hydrogen-bond donors (Lipinski definition) is 1. The van der Waals surface area contributed by atoms with Crippen molar-refractivity contribution in [3.8, 4) is 0 Å². The Bertz CT molecular complexity index is 511. The number of piperazine rings is 1. The zero-order valence-corrected chi connectivity index (χ0v) is 13.7. The van der Waals surface area contributed by atoms with Crippen molar-refractivity contribution in [2.45, 2.75) is 6.42 Å². The van der Waals surface area contributed by atoms with E-state index in [2.05, 4.69) is 20.2 Å². The first-order valence-electron chi connectivity index (χ1n) is 7.79. The van der Waals surface area contributed by atoms with Crippen molar-refractivity contribution in [3.05, 3.63) is 18.0 Å². The molecule has 0 aliphatic carbocycles. The van der Waals surface area contributed by atoms with Crippen LogP contribution in [0.1, 0.15) is 16.8 Å². The first-order valence-corrected chi connectivity index (χ1v) is 7.79. The van der Waals surface area contributed by atoms with E-state index in [9.17, 15) is 9.59 Å². The molecule has 1 aliphatic heterocycles. The number of hydrogen-bond acceptors (Lipinski definition) is 6. The Morgan fingerprint density at radius 1 is 1.26 bits per heavy atom. The van der Waals surface area contributed by atoms with Crippen LogP contribution in [0.5, 0.6) is 0 Å². The number of nitrogens with one attached hydrogen (secondary N) is 1. The molecular weight excluding hydrogens is 296 g/mol. The van der Waals surface area contributed by atoms with Gasteiger partial charge in [0.25, 0.3) is 5.91 Å². The average Bonchev–Trinajstić information content (AvgIpc) is 2.58. The van der Waals surface area contributed by atoms with Crippen LogP contribution < -0.4 is 10.2 Å². The van der Waals surface area contributed by atoms with E-state index in [0.717, 1.165) is 19.4 Å².